The summed E-state index contributed by atoms with van der Waals surface area (Å²) in [5.74, 6) is 0.0391. The summed E-state index contributed by atoms with van der Waals surface area (Å²) in [4.78, 5) is 20.3. The van der Waals surface area contributed by atoms with E-state index in [2.05, 4.69) is 9.97 Å². The topological polar surface area (TPSA) is 57.0 Å². The first-order valence-electron chi connectivity index (χ1n) is 5.59. The van der Waals surface area contributed by atoms with Gasteiger partial charge < -0.3 is 9.30 Å². The van der Waals surface area contributed by atoms with Crippen LogP contribution in [-0.4, -0.2) is 27.1 Å². The molecule has 2 aromatic heterocycles. The molecular formula is C12H15N3O2. The summed E-state index contributed by atoms with van der Waals surface area (Å²) in [5, 5.41) is 0. The first kappa shape index (κ1) is 11.6. The number of carbonyl (C=O) groups is 1. The maximum Gasteiger partial charge on any atom is 0.316 e. The molecule has 5 heteroatoms. The van der Waals surface area contributed by atoms with Crippen LogP contribution in [0.15, 0.2) is 18.3 Å². The third-order valence-electron chi connectivity index (χ3n) is 2.69. The highest BCUT2D eigenvalue weighted by molar-refractivity contribution is 5.79. The van der Waals surface area contributed by atoms with Crippen molar-refractivity contribution in [2.24, 2.45) is 7.05 Å². The Labute approximate surface area is 99.4 Å². The van der Waals surface area contributed by atoms with Crippen molar-refractivity contribution in [2.45, 2.75) is 19.8 Å². The number of hydrogen-bond acceptors (Lipinski definition) is 4. The molecular weight excluding hydrogens is 218 g/mol. The molecule has 0 saturated carbocycles. The van der Waals surface area contributed by atoms with Gasteiger partial charge >= 0.3 is 5.97 Å². The summed E-state index contributed by atoms with van der Waals surface area (Å²) in [5.41, 5.74) is 1.57. The van der Waals surface area contributed by atoms with E-state index in [4.69, 9.17) is 4.74 Å². The number of aromatic nitrogens is 3. The molecule has 5 nitrogen and oxygen atoms in total. The van der Waals surface area contributed by atoms with Crippen molar-refractivity contribution in [3.8, 4) is 0 Å². The highest BCUT2D eigenvalue weighted by Crippen LogP contribution is 2.20. The van der Waals surface area contributed by atoms with Crippen molar-refractivity contribution in [1.82, 2.24) is 14.5 Å². The molecule has 0 spiro atoms. The lowest BCUT2D eigenvalue weighted by atomic mass is 10.2. The summed E-state index contributed by atoms with van der Waals surface area (Å²) in [6.45, 7) is 3.96. The molecule has 0 aliphatic heterocycles. The summed E-state index contributed by atoms with van der Waals surface area (Å²) >= 11 is 0. The molecule has 0 N–H and O–H groups in total. The fraction of sp³-hybridized carbons (Fsp3) is 0.417. The monoisotopic (exact) mass is 233 g/mol. The second-order valence-electron chi connectivity index (χ2n) is 3.85. The number of pyridine rings is 1. The van der Waals surface area contributed by atoms with E-state index in [0.29, 0.717) is 12.4 Å². The van der Waals surface area contributed by atoms with Gasteiger partial charge in [-0.25, -0.2) is 9.97 Å². The SMILES string of the molecule is CCOC(=O)C(C)c1nc2cccnc2n1C. The van der Waals surface area contributed by atoms with E-state index in [1.807, 2.05) is 23.7 Å². The third-order valence-corrected chi connectivity index (χ3v) is 2.69. The molecule has 2 heterocycles. The molecule has 1 unspecified atom stereocenters. The molecule has 0 fully saturated rings. The number of nitrogens with zero attached hydrogens (tertiary/aromatic N) is 3. The minimum absolute atomic E-state index is 0.258. The normalized spacial score (nSPS) is 12.6. The first-order valence-corrected chi connectivity index (χ1v) is 5.59. The number of imidazole rings is 1. The first-order chi connectivity index (χ1) is 8.15. The van der Waals surface area contributed by atoms with Gasteiger partial charge in [0, 0.05) is 13.2 Å². The molecule has 0 bridgehead atoms. The molecule has 90 valence electrons. The van der Waals surface area contributed by atoms with Crippen LogP contribution in [0.2, 0.25) is 0 Å². The van der Waals surface area contributed by atoms with Crippen molar-refractivity contribution < 1.29 is 9.53 Å². The van der Waals surface area contributed by atoms with Gasteiger partial charge in [0.2, 0.25) is 0 Å². The van der Waals surface area contributed by atoms with E-state index >= 15 is 0 Å². The standard InChI is InChI=1S/C12H15N3O2/c1-4-17-12(16)8(2)10-14-9-6-5-7-13-11(9)15(10)3/h5-8H,4H2,1-3H3. The number of aryl methyl sites for hydroxylation is 1. The Morgan fingerprint density at radius 2 is 2.35 bits per heavy atom. The van der Waals surface area contributed by atoms with Gasteiger partial charge in [-0.3, -0.25) is 4.79 Å². The van der Waals surface area contributed by atoms with Crippen LogP contribution >= 0.6 is 0 Å². The van der Waals surface area contributed by atoms with Crippen molar-refractivity contribution in [3.05, 3.63) is 24.2 Å². The molecule has 0 amide bonds. The average Bonchev–Trinajstić information content (AvgIpc) is 2.67. The van der Waals surface area contributed by atoms with Gasteiger partial charge in [0.25, 0.3) is 0 Å². The van der Waals surface area contributed by atoms with E-state index in [-0.39, 0.29) is 11.9 Å². The van der Waals surface area contributed by atoms with Crippen LogP contribution in [0, 0.1) is 0 Å². The third kappa shape index (κ3) is 2.00. The van der Waals surface area contributed by atoms with Crippen molar-refractivity contribution in [3.63, 3.8) is 0 Å². The van der Waals surface area contributed by atoms with Crippen LogP contribution in [0.5, 0.6) is 0 Å². The van der Waals surface area contributed by atoms with Crippen LogP contribution in [0.4, 0.5) is 0 Å². The quantitative estimate of drug-likeness (QED) is 0.756. The smallest absolute Gasteiger partial charge is 0.316 e. The lowest BCUT2D eigenvalue weighted by Gasteiger charge is -2.09. The maximum absolute atomic E-state index is 11.7. The molecule has 0 saturated heterocycles. The van der Waals surface area contributed by atoms with E-state index in [1.165, 1.54) is 0 Å². The summed E-state index contributed by atoms with van der Waals surface area (Å²) < 4.78 is 6.83. The predicted molar refractivity (Wildman–Crippen MR) is 63.6 cm³/mol. The summed E-state index contributed by atoms with van der Waals surface area (Å²) in [7, 11) is 1.85. The van der Waals surface area contributed by atoms with E-state index in [1.54, 1.807) is 20.0 Å². The Morgan fingerprint density at radius 1 is 1.59 bits per heavy atom. The van der Waals surface area contributed by atoms with Crippen LogP contribution in [0.1, 0.15) is 25.6 Å². The Kier molecular flexibility index (Phi) is 3.08. The molecule has 2 aromatic rings. The van der Waals surface area contributed by atoms with Crippen molar-refractivity contribution >= 4 is 17.1 Å². The van der Waals surface area contributed by atoms with Gasteiger partial charge in [0.05, 0.1) is 6.61 Å². The van der Waals surface area contributed by atoms with Crippen molar-refractivity contribution in [2.75, 3.05) is 6.61 Å². The second-order valence-corrected chi connectivity index (χ2v) is 3.85. The number of hydrogen-bond donors (Lipinski definition) is 0. The molecule has 0 radical (unpaired) electrons. The molecule has 0 aliphatic carbocycles. The number of esters is 1. The Bertz CT molecular complexity index is 548. The molecule has 17 heavy (non-hydrogen) atoms. The highest BCUT2D eigenvalue weighted by atomic mass is 16.5. The second kappa shape index (κ2) is 4.53. The predicted octanol–water partition coefficient (Wildman–Crippen LogP) is 1.63. The average molecular weight is 233 g/mol. The van der Waals surface area contributed by atoms with Gasteiger partial charge in [-0.1, -0.05) is 0 Å². The Morgan fingerprint density at radius 3 is 3.00 bits per heavy atom. The fourth-order valence-corrected chi connectivity index (χ4v) is 1.80. The zero-order valence-electron chi connectivity index (χ0n) is 10.2. The van der Waals surface area contributed by atoms with Crippen LogP contribution in [0.25, 0.3) is 11.2 Å². The zero-order valence-corrected chi connectivity index (χ0v) is 10.2. The van der Waals surface area contributed by atoms with Gasteiger partial charge in [0.1, 0.15) is 17.3 Å². The van der Waals surface area contributed by atoms with E-state index in [9.17, 15) is 4.79 Å². The van der Waals surface area contributed by atoms with Gasteiger partial charge in [-0.05, 0) is 26.0 Å². The zero-order chi connectivity index (χ0) is 12.4. The van der Waals surface area contributed by atoms with E-state index < -0.39 is 0 Å². The maximum atomic E-state index is 11.7. The number of ether oxygens (including phenoxy) is 1. The minimum atomic E-state index is -0.380. The lowest BCUT2D eigenvalue weighted by molar-refractivity contribution is -0.144. The lowest BCUT2D eigenvalue weighted by Crippen LogP contribution is -2.16. The molecule has 0 aromatic carbocycles. The fourth-order valence-electron chi connectivity index (χ4n) is 1.80. The number of fused-ring (bicyclic) bond motifs is 1. The number of rotatable bonds is 3. The van der Waals surface area contributed by atoms with Crippen LogP contribution < -0.4 is 0 Å². The molecule has 0 aliphatic rings. The Hall–Kier alpha value is -1.91. The Balaban J connectivity index is 2.42. The van der Waals surface area contributed by atoms with Gasteiger partial charge in [0.15, 0.2) is 5.65 Å². The minimum Gasteiger partial charge on any atom is -0.465 e. The number of carbonyl (C=O) groups excluding carboxylic acids is 1. The van der Waals surface area contributed by atoms with Crippen LogP contribution in [-0.2, 0) is 16.6 Å². The van der Waals surface area contributed by atoms with Crippen LogP contribution in [0.3, 0.4) is 0 Å². The van der Waals surface area contributed by atoms with E-state index in [0.717, 1.165) is 11.2 Å². The largest absolute Gasteiger partial charge is 0.465 e. The van der Waals surface area contributed by atoms with Gasteiger partial charge in [-0.15, -0.1) is 0 Å². The summed E-state index contributed by atoms with van der Waals surface area (Å²) in [6.07, 6.45) is 1.71. The molecule has 2 rings (SSSR count). The van der Waals surface area contributed by atoms with Gasteiger partial charge in [-0.2, -0.15) is 0 Å². The molecule has 1 atom stereocenters. The summed E-state index contributed by atoms with van der Waals surface area (Å²) in [6, 6.07) is 3.71. The highest BCUT2D eigenvalue weighted by Gasteiger charge is 2.22. The van der Waals surface area contributed by atoms with Crippen molar-refractivity contribution in [1.29, 1.82) is 0 Å².